The summed E-state index contributed by atoms with van der Waals surface area (Å²) in [4.78, 5) is 21.0. The van der Waals surface area contributed by atoms with Crippen LogP contribution in [0.4, 0.5) is 5.69 Å². The van der Waals surface area contributed by atoms with Crippen molar-refractivity contribution in [1.82, 2.24) is 9.88 Å². The van der Waals surface area contributed by atoms with Crippen LogP contribution in [0.3, 0.4) is 0 Å². The number of nitrogens with zero attached hydrogens (tertiary/aromatic N) is 2. The van der Waals surface area contributed by atoms with Crippen molar-refractivity contribution >= 4 is 44.1 Å². The second-order valence-corrected chi connectivity index (χ2v) is 8.08. The largest absolute Gasteiger partial charge is 0.493 e. The number of hydrogen-bond donors (Lipinski definition) is 1. The number of hydrogen-bond acceptors (Lipinski definition) is 6. The molecule has 1 atom stereocenters. The number of anilines is 1. The molecule has 27 heavy (non-hydrogen) atoms. The van der Waals surface area contributed by atoms with Gasteiger partial charge in [-0.25, -0.2) is 4.98 Å². The predicted molar refractivity (Wildman–Crippen MR) is 109 cm³/mol. The molecule has 2 aromatic heterocycles. The van der Waals surface area contributed by atoms with Crippen LogP contribution in [0.15, 0.2) is 18.2 Å². The van der Waals surface area contributed by atoms with Crippen LogP contribution >= 0.6 is 11.3 Å². The van der Waals surface area contributed by atoms with E-state index in [-0.39, 0.29) is 5.91 Å². The Labute approximate surface area is 161 Å². The molecule has 2 N–H and O–H groups in total. The van der Waals surface area contributed by atoms with Gasteiger partial charge in [0, 0.05) is 29.9 Å². The van der Waals surface area contributed by atoms with E-state index in [0.29, 0.717) is 28.0 Å². The summed E-state index contributed by atoms with van der Waals surface area (Å²) in [6.07, 6.45) is 2.21. The van der Waals surface area contributed by atoms with Gasteiger partial charge in [-0.2, -0.15) is 0 Å². The van der Waals surface area contributed by atoms with E-state index < -0.39 is 0 Å². The van der Waals surface area contributed by atoms with Gasteiger partial charge in [-0.3, -0.25) is 4.79 Å². The second-order valence-electron chi connectivity index (χ2n) is 7.08. The first-order valence-electron chi connectivity index (χ1n) is 9.05. The van der Waals surface area contributed by atoms with E-state index >= 15 is 0 Å². The fourth-order valence-electron chi connectivity index (χ4n) is 3.70. The molecular formula is C20H23N3O3S. The summed E-state index contributed by atoms with van der Waals surface area (Å²) in [6.45, 7) is 3.76. The summed E-state index contributed by atoms with van der Waals surface area (Å²) in [5, 5.41) is 1.71. The van der Waals surface area contributed by atoms with Gasteiger partial charge in [-0.15, -0.1) is 11.3 Å². The van der Waals surface area contributed by atoms with Crippen molar-refractivity contribution in [2.75, 3.05) is 33.0 Å². The number of aromatic nitrogens is 1. The Balaban J connectivity index is 1.80. The van der Waals surface area contributed by atoms with Crippen LogP contribution in [0.25, 0.3) is 21.1 Å². The normalized spacial score (nSPS) is 17.4. The quantitative estimate of drug-likeness (QED) is 0.739. The van der Waals surface area contributed by atoms with Gasteiger partial charge in [-0.1, -0.05) is 6.92 Å². The number of amides is 1. The Hall–Kier alpha value is -2.54. The van der Waals surface area contributed by atoms with E-state index in [1.807, 2.05) is 23.1 Å². The number of pyridine rings is 1. The van der Waals surface area contributed by atoms with E-state index in [4.69, 9.17) is 20.2 Å². The lowest BCUT2D eigenvalue weighted by Crippen LogP contribution is -2.38. The molecule has 1 aliphatic heterocycles. The molecule has 4 rings (SSSR count). The zero-order valence-electron chi connectivity index (χ0n) is 15.7. The van der Waals surface area contributed by atoms with E-state index in [2.05, 4.69) is 6.92 Å². The monoisotopic (exact) mass is 385 g/mol. The summed E-state index contributed by atoms with van der Waals surface area (Å²) < 4.78 is 10.7. The van der Waals surface area contributed by atoms with Gasteiger partial charge in [0.2, 0.25) is 0 Å². The van der Waals surface area contributed by atoms with Gasteiger partial charge < -0.3 is 20.1 Å². The molecule has 1 fully saturated rings. The van der Waals surface area contributed by atoms with Crippen molar-refractivity contribution in [2.45, 2.75) is 19.8 Å². The summed E-state index contributed by atoms with van der Waals surface area (Å²) in [6, 6.07) is 5.70. The van der Waals surface area contributed by atoms with Crippen molar-refractivity contribution in [3.05, 3.63) is 23.1 Å². The third-order valence-corrected chi connectivity index (χ3v) is 6.26. The lowest BCUT2D eigenvalue weighted by atomic mass is 10.00. The molecule has 0 radical (unpaired) electrons. The van der Waals surface area contributed by atoms with E-state index in [1.54, 1.807) is 14.2 Å². The minimum absolute atomic E-state index is 0.0151. The SMILES string of the molecule is COc1cc2cc3c(N)c(C(=O)N4CCC[C@H](C)C4)sc3nc2cc1OC. The molecule has 3 heterocycles. The molecule has 1 amide bonds. The Morgan fingerprint density at radius 1 is 1.26 bits per heavy atom. The number of carbonyl (C=O) groups excluding carboxylic acids is 1. The fraction of sp³-hybridized carbons (Fsp3) is 0.400. The average Bonchev–Trinajstić information content (AvgIpc) is 3.00. The molecule has 1 aliphatic rings. The number of rotatable bonds is 3. The first-order valence-corrected chi connectivity index (χ1v) is 9.87. The van der Waals surface area contributed by atoms with E-state index in [9.17, 15) is 4.79 Å². The number of carbonyl (C=O) groups is 1. The molecule has 0 saturated carbocycles. The smallest absolute Gasteiger partial charge is 0.266 e. The first-order chi connectivity index (χ1) is 13.0. The summed E-state index contributed by atoms with van der Waals surface area (Å²) in [5.74, 6) is 1.80. The molecule has 142 valence electrons. The third kappa shape index (κ3) is 3.06. The number of nitrogen functional groups attached to an aromatic ring is 1. The Morgan fingerprint density at radius 3 is 2.70 bits per heavy atom. The minimum Gasteiger partial charge on any atom is -0.493 e. The maximum Gasteiger partial charge on any atom is 0.266 e. The lowest BCUT2D eigenvalue weighted by molar-refractivity contribution is 0.0689. The van der Waals surface area contributed by atoms with Gasteiger partial charge in [-0.05, 0) is 30.9 Å². The van der Waals surface area contributed by atoms with Crippen LogP contribution in [0.5, 0.6) is 11.5 Å². The number of thiophene rings is 1. The summed E-state index contributed by atoms with van der Waals surface area (Å²) in [7, 11) is 3.20. The van der Waals surface area contributed by atoms with Crippen LogP contribution in [0.1, 0.15) is 29.4 Å². The molecule has 6 nitrogen and oxygen atoms in total. The standard InChI is InChI=1S/C20H23N3O3S/c1-11-5-4-6-23(10-11)20(24)18-17(21)13-7-12-8-15(25-2)16(26-3)9-14(12)22-19(13)27-18/h7-9,11H,4-6,10,21H2,1-3H3/t11-/m0/s1. The number of fused-ring (bicyclic) bond motifs is 2. The molecule has 1 aromatic carbocycles. The van der Waals surface area contributed by atoms with Gasteiger partial charge in [0.15, 0.2) is 11.5 Å². The van der Waals surface area contributed by atoms with Gasteiger partial charge in [0.25, 0.3) is 5.91 Å². The van der Waals surface area contributed by atoms with Crippen molar-refractivity contribution in [2.24, 2.45) is 5.92 Å². The van der Waals surface area contributed by atoms with Crippen LogP contribution in [-0.2, 0) is 0 Å². The molecular weight excluding hydrogens is 362 g/mol. The van der Waals surface area contributed by atoms with Crippen molar-refractivity contribution < 1.29 is 14.3 Å². The fourth-order valence-corrected chi connectivity index (χ4v) is 4.76. The summed E-state index contributed by atoms with van der Waals surface area (Å²) in [5.41, 5.74) is 7.67. The van der Waals surface area contributed by atoms with Gasteiger partial charge in [0.1, 0.15) is 9.71 Å². The number of nitrogens with two attached hydrogens (primary N) is 1. The summed E-state index contributed by atoms with van der Waals surface area (Å²) >= 11 is 1.37. The maximum absolute atomic E-state index is 13.0. The highest BCUT2D eigenvalue weighted by molar-refractivity contribution is 7.21. The number of benzene rings is 1. The highest BCUT2D eigenvalue weighted by atomic mass is 32.1. The molecule has 0 unspecified atom stereocenters. The number of piperidine rings is 1. The Bertz CT molecular complexity index is 1030. The van der Waals surface area contributed by atoms with Crippen molar-refractivity contribution in [3.8, 4) is 11.5 Å². The predicted octanol–water partition coefficient (Wildman–Crippen LogP) is 3.92. The minimum atomic E-state index is 0.0151. The highest BCUT2D eigenvalue weighted by Crippen LogP contribution is 2.38. The second kappa shape index (κ2) is 6.88. The number of ether oxygens (including phenoxy) is 2. The molecule has 0 bridgehead atoms. The number of likely N-dealkylation sites (tertiary alicyclic amines) is 1. The molecule has 7 heteroatoms. The van der Waals surface area contributed by atoms with Gasteiger partial charge in [0.05, 0.1) is 25.4 Å². The zero-order chi connectivity index (χ0) is 19.1. The van der Waals surface area contributed by atoms with E-state index in [0.717, 1.165) is 40.6 Å². The topological polar surface area (TPSA) is 77.7 Å². The maximum atomic E-state index is 13.0. The van der Waals surface area contributed by atoms with Crippen LogP contribution in [-0.4, -0.2) is 43.1 Å². The van der Waals surface area contributed by atoms with Crippen molar-refractivity contribution in [1.29, 1.82) is 0 Å². The van der Waals surface area contributed by atoms with Crippen molar-refractivity contribution in [3.63, 3.8) is 0 Å². The molecule has 1 saturated heterocycles. The molecule has 0 spiro atoms. The van der Waals surface area contributed by atoms with Crippen LogP contribution in [0, 0.1) is 5.92 Å². The Kier molecular flexibility index (Phi) is 4.55. The average molecular weight is 385 g/mol. The lowest BCUT2D eigenvalue weighted by Gasteiger charge is -2.30. The van der Waals surface area contributed by atoms with Crippen LogP contribution in [0.2, 0.25) is 0 Å². The first kappa shape index (κ1) is 17.9. The molecule has 0 aliphatic carbocycles. The van der Waals surface area contributed by atoms with Crippen LogP contribution < -0.4 is 15.2 Å². The third-order valence-electron chi connectivity index (χ3n) is 5.16. The molecule has 3 aromatic rings. The number of methoxy groups -OCH3 is 2. The van der Waals surface area contributed by atoms with Gasteiger partial charge >= 0.3 is 0 Å². The zero-order valence-corrected chi connectivity index (χ0v) is 16.6. The van der Waals surface area contributed by atoms with E-state index in [1.165, 1.54) is 17.8 Å². The highest BCUT2D eigenvalue weighted by Gasteiger charge is 2.26. The Morgan fingerprint density at radius 2 is 2.00 bits per heavy atom.